The highest BCUT2D eigenvalue weighted by Crippen LogP contribution is 2.45. The Morgan fingerprint density at radius 3 is 2.61 bits per heavy atom. The van der Waals surface area contributed by atoms with Crippen molar-refractivity contribution in [2.75, 3.05) is 6.54 Å². The predicted octanol–water partition coefficient (Wildman–Crippen LogP) is 3.62. The molecular weight excluding hydrogens is 462 g/mol. The standard InChI is InChI=1S/C27H43N3O6/c1-17(2)13-18-14-21-22(31)29-27(24(33)34)15-19(27)11-9-7-6-8-10-12-20(23(32)30(21)16-18)28-25(35)36-26(3,4)5/h9,11,17-21H,6-8,10,12-16H2,1-5H3,(H,28,35)(H,29,31)(H,33,34)/b11-9-/t18-,19+,20+,21+,27-/m1/s1. The van der Waals surface area contributed by atoms with E-state index in [9.17, 15) is 24.3 Å². The average Bonchev–Trinajstić information content (AvgIpc) is 3.28. The van der Waals surface area contributed by atoms with Crippen molar-refractivity contribution in [2.24, 2.45) is 17.8 Å². The number of rotatable bonds is 4. The number of nitrogens with one attached hydrogen (secondary N) is 2. The van der Waals surface area contributed by atoms with Crippen LogP contribution >= 0.6 is 0 Å². The Morgan fingerprint density at radius 2 is 1.97 bits per heavy atom. The summed E-state index contributed by atoms with van der Waals surface area (Å²) < 4.78 is 5.41. The van der Waals surface area contributed by atoms with E-state index in [1.165, 1.54) is 0 Å². The fourth-order valence-corrected chi connectivity index (χ4v) is 5.47. The van der Waals surface area contributed by atoms with Crippen LogP contribution in [-0.4, -0.2) is 63.7 Å². The number of allylic oxidation sites excluding steroid dienone is 1. The van der Waals surface area contributed by atoms with Crippen LogP contribution in [0.4, 0.5) is 4.79 Å². The number of carboxylic acids is 1. The topological polar surface area (TPSA) is 125 Å². The first-order chi connectivity index (χ1) is 16.8. The molecule has 3 rings (SSSR count). The number of fused-ring (bicyclic) bond motifs is 2. The van der Waals surface area contributed by atoms with Crippen LogP contribution in [0.3, 0.4) is 0 Å². The molecule has 2 heterocycles. The van der Waals surface area contributed by atoms with E-state index in [1.54, 1.807) is 25.7 Å². The van der Waals surface area contributed by atoms with E-state index >= 15 is 0 Å². The van der Waals surface area contributed by atoms with E-state index in [2.05, 4.69) is 24.5 Å². The van der Waals surface area contributed by atoms with Gasteiger partial charge in [-0.15, -0.1) is 0 Å². The van der Waals surface area contributed by atoms with E-state index in [1.807, 2.05) is 12.2 Å². The molecule has 1 aliphatic carbocycles. The van der Waals surface area contributed by atoms with Gasteiger partial charge in [0.25, 0.3) is 0 Å². The summed E-state index contributed by atoms with van der Waals surface area (Å²) in [6, 6.07) is -1.58. The summed E-state index contributed by atoms with van der Waals surface area (Å²) in [4.78, 5) is 53.5. The quantitative estimate of drug-likeness (QED) is 0.501. The minimum atomic E-state index is -1.31. The van der Waals surface area contributed by atoms with Gasteiger partial charge in [0, 0.05) is 12.5 Å². The van der Waals surface area contributed by atoms with Gasteiger partial charge in [-0.25, -0.2) is 9.59 Å². The molecule has 3 aliphatic rings. The largest absolute Gasteiger partial charge is 0.479 e. The number of carboxylic acid groups (broad SMARTS) is 1. The molecule has 0 radical (unpaired) electrons. The van der Waals surface area contributed by atoms with Crippen molar-refractivity contribution in [3.63, 3.8) is 0 Å². The van der Waals surface area contributed by atoms with Gasteiger partial charge < -0.3 is 25.4 Å². The SMILES string of the molecule is CC(C)C[C@@H]1C[C@H]2C(=O)N[C@]3(C(=O)O)C[C@@H]3/C=C\CCCCC[C@H](NC(=O)OC(C)(C)C)C(=O)N2C1. The maximum Gasteiger partial charge on any atom is 0.408 e. The molecule has 36 heavy (non-hydrogen) atoms. The number of nitrogens with zero attached hydrogens (tertiary/aromatic N) is 1. The van der Waals surface area contributed by atoms with E-state index in [0.29, 0.717) is 31.7 Å². The normalized spacial score (nSPS) is 32.4. The van der Waals surface area contributed by atoms with Crippen LogP contribution in [0.2, 0.25) is 0 Å². The molecule has 3 amide bonds. The van der Waals surface area contributed by atoms with Gasteiger partial charge in [-0.3, -0.25) is 9.59 Å². The molecule has 9 heteroatoms. The molecule has 0 aromatic carbocycles. The summed E-state index contributed by atoms with van der Waals surface area (Å²) >= 11 is 0. The third-order valence-electron chi connectivity index (χ3n) is 7.24. The smallest absolute Gasteiger partial charge is 0.408 e. The second kappa shape index (κ2) is 11.2. The van der Waals surface area contributed by atoms with Gasteiger partial charge >= 0.3 is 12.1 Å². The molecule has 2 fully saturated rings. The molecular formula is C27H43N3O6. The van der Waals surface area contributed by atoms with Crippen molar-refractivity contribution in [3.05, 3.63) is 12.2 Å². The van der Waals surface area contributed by atoms with Crippen molar-refractivity contribution in [2.45, 2.75) is 109 Å². The van der Waals surface area contributed by atoms with Crippen LogP contribution in [0.25, 0.3) is 0 Å². The summed E-state index contributed by atoms with van der Waals surface area (Å²) in [5.74, 6) is -1.51. The monoisotopic (exact) mass is 505 g/mol. The molecule has 1 saturated heterocycles. The molecule has 2 aliphatic heterocycles. The third-order valence-corrected chi connectivity index (χ3v) is 7.24. The Balaban J connectivity index is 1.87. The molecule has 0 unspecified atom stereocenters. The molecule has 0 aromatic heterocycles. The van der Waals surface area contributed by atoms with Crippen molar-refractivity contribution in [3.8, 4) is 0 Å². The Hall–Kier alpha value is -2.58. The van der Waals surface area contributed by atoms with Gasteiger partial charge in [0.15, 0.2) is 0 Å². The molecule has 9 nitrogen and oxygen atoms in total. The number of amides is 3. The summed E-state index contributed by atoms with van der Waals surface area (Å²) in [5, 5.41) is 15.5. The van der Waals surface area contributed by atoms with Gasteiger partial charge in [0.05, 0.1) is 0 Å². The average molecular weight is 506 g/mol. The van der Waals surface area contributed by atoms with Crippen LogP contribution in [0.1, 0.15) is 86.0 Å². The highest BCUT2D eigenvalue weighted by Gasteiger charge is 2.61. The molecule has 5 atom stereocenters. The molecule has 0 bridgehead atoms. The highest BCUT2D eigenvalue weighted by molar-refractivity contribution is 5.96. The fraction of sp³-hybridized carbons (Fsp3) is 0.778. The minimum Gasteiger partial charge on any atom is -0.479 e. The van der Waals surface area contributed by atoms with Crippen LogP contribution in [0, 0.1) is 17.8 Å². The Kier molecular flexibility index (Phi) is 8.72. The van der Waals surface area contributed by atoms with Crippen LogP contribution in [0.15, 0.2) is 12.2 Å². The van der Waals surface area contributed by atoms with Gasteiger partial charge in [0.1, 0.15) is 23.2 Å². The van der Waals surface area contributed by atoms with Crippen molar-refractivity contribution >= 4 is 23.9 Å². The second-order valence-corrected chi connectivity index (χ2v) is 12.1. The lowest BCUT2D eigenvalue weighted by atomic mass is 9.94. The van der Waals surface area contributed by atoms with Crippen molar-refractivity contribution in [1.29, 1.82) is 0 Å². The molecule has 202 valence electrons. The predicted molar refractivity (Wildman–Crippen MR) is 135 cm³/mol. The zero-order valence-corrected chi connectivity index (χ0v) is 22.3. The summed E-state index contributed by atoms with van der Waals surface area (Å²) in [5.41, 5.74) is -2.02. The number of alkyl carbamates (subject to hydrolysis) is 1. The summed E-state index contributed by atoms with van der Waals surface area (Å²) in [6.45, 7) is 9.90. The first kappa shape index (κ1) is 28.0. The number of ether oxygens (including phenoxy) is 1. The minimum absolute atomic E-state index is 0.126. The maximum absolute atomic E-state index is 13.8. The van der Waals surface area contributed by atoms with Crippen molar-refractivity contribution < 1.29 is 29.0 Å². The van der Waals surface area contributed by atoms with Crippen LogP contribution < -0.4 is 10.6 Å². The molecule has 3 N–H and O–H groups in total. The molecule has 0 spiro atoms. The van der Waals surface area contributed by atoms with Crippen LogP contribution in [0.5, 0.6) is 0 Å². The Labute approximate surface area is 214 Å². The van der Waals surface area contributed by atoms with E-state index in [0.717, 1.165) is 32.1 Å². The lowest BCUT2D eigenvalue weighted by Crippen LogP contribution is -2.56. The van der Waals surface area contributed by atoms with E-state index in [4.69, 9.17) is 4.74 Å². The second-order valence-electron chi connectivity index (χ2n) is 12.1. The zero-order chi connectivity index (χ0) is 26.7. The van der Waals surface area contributed by atoms with E-state index in [-0.39, 0.29) is 17.7 Å². The third kappa shape index (κ3) is 7.01. The number of aliphatic carboxylic acids is 1. The Bertz CT molecular complexity index is 879. The number of carbonyl (C=O) groups is 4. The number of hydrogen-bond acceptors (Lipinski definition) is 5. The number of hydrogen-bond donors (Lipinski definition) is 3. The lowest BCUT2D eigenvalue weighted by Gasteiger charge is -2.30. The van der Waals surface area contributed by atoms with Crippen molar-refractivity contribution in [1.82, 2.24) is 15.5 Å². The van der Waals surface area contributed by atoms with Gasteiger partial charge in [-0.2, -0.15) is 0 Å². The molecule has 0 aromatic rings. The summed E-state index contributed by atoms with van der Waals surface area (Å²) in [7, 11) is 0. The van der Waals surface area contributed by atoms with Gasteiger partial charge in [-0.1, -0.05) is 38.8 Å². The Morgan fingerprint density at radius 1 is 1.25 bits per heavy atom. The van der Waals surface area contributed by atoms with E-state index < -0.39 is 41.2 Å². The van der Waals surface area contributed by atoms with Gasteiger partial charge in [-0.05, 0) is 71.1 Å². The first-order valence-electron chi connectivity index (χ1n) is 13.3. The van der Waals surface area contributed by atoms with Crippen LogP contribution in [-0.2, 0) is 19.1 Å². The zero-order valence-electron chi connectivity index (χ0n) is 22.3. The first-order valence-corrected chi connectivity index (χ1v) is 13.3. The highest BCUT2D eigenvalue weighted by atomic mass is 16.6. The fourth-order valence-electron chi connectivity index (χ4n) is 5.47. The summed E-state index contributed by atoms with van der Waals surface area (Å²) in [6.07, 6.45) is 8.66. The van der Waals surface area contributed by atoms with Gasteiger partial charge in [0.2, 0.25) is 11.8 Å². The lowest BCUT2D eigenvalue weighted by molar-refractivity contribution is -0.145. The maximum atomic E-state index is 13.8. The number of carbonyl (C=O) groups excluding carboxylic acids is 3. The molecule has 1 saturated carbocycles.